The number of aromatic amines is 1. The van der Waals surface area contributed by atoms with Crippen molar-refractivity contribution in [1.82, 2.24) is 19.5 Å². The molecule has 3 aromatic rings. The first kappa shape index (κ1) is 14.1. The standard InChI is InChI=1S/C14H13Cl2N5/c1-2-17-13-12-14(19-7-18-12)21(8-20-13)6-9-10(15)4-3-5-11(9)16/h3-5,7-8H,2,6H2,1H3,(H,18,19). The Labute approximate surface area is 131 Å². The number of nitrogens with one attached hydrogen (secondary N) is 1. The van der Waals surface area contributed by atoms with Crippen LogP contribution >= 0.6 is 23.2 Å². The van der Waals surface area contributed by atoms with Gasteiger partial charge in [0.05, 0.1) is 19.2 Å². The molecule has 1 aromatic carbocycles. The second-order valence-corrected chi connectivity index (χ2v) is 5.29. The van der Waals surface area contributed by atoms with Crippen LogP contribution in [0.2, 0.25) is 10.0 Å². The van der Waals surface area contributed by atoms with Crippen LogP contribution in [0.1, 0.15) is 12.5 Å². The molecule has 2 aromatic heterocycles. The molecule has 0 atom stereocenters. The van der Waals surface area contributed by atoms with Gasteiger partial charge in [0, 0.05) is 22.2 Å². The Morgan fingerprint density at radius 3 is 2.71 bits per heavy atom. The molecule has 1 N–H and O–H groups in total. The SMILES string of the molecule is CCN=c1ncn(Cc2c(Cl)cccc2Cl)c2nc[nH]c12. The third-order valence-electron chi connectivity index (χ3n) is 3.13. The Bertz CT molecular complexity index is 830. The minimum absolute atomic E-state index is 0.499. The second-order valence-electron chi connectivity index (χ2n) is 4.47. The third-order valence-corrected chi connectivity index (χ3v) is 3.84. The molecule has 0 spiro atoms. The Morgan fingerprint density at radius 1 is 1.24 bits per heavy atom. The fourth-order valence-corrected chi connectivity index (χ4v) is 2.67. The maximum absolute atomic E-state index is 6.22. The van der Waals surface area contributed by atoms with Gasteiger partial charge in [-0.1, -0.05) is 29.3 Å². The second kappa shape index (κ2) is 5.87. The smallest absolute Gasteiger partial charge is 0.176 e. The molecule has 0 saturated carbocycles. The minimum Gasteiger partial charge on any atom is -0.340 e. The van der Waals surface area contributed by atoms with Crippen molar-refractivity contribution in [2.75, 3.05) is 6.54 Å². The first-order valence-corrected chi connectivity index (χ1v) is 7.28. The molecule has 3 rings (SSSR count). The van der Waals surface area contributed by atoms with E-state index in [-0.39, 0.29) is 0 Å². The van der Waals surface area contributed by atoms with Gasteiger partial charge in [-0.2, -0.15) is 0 Å². The molecule has 7 heteroatoms. The van der Waals surface area contributed by atoms with Crippen LogP contribution in [0.4, 0.5) is 0 Å². The van der Waals surface area contributed by atoms with Crippen molar-refractivity contribution in [2.24, 2.45) is 4.99 Å². The van der Waals surface area contributed by atoms with Gasteiger partial charge in [0.15, 0.2) is 11.1 Å². The summed E-state index contributed by atoms with van der Waals surface area (Å²) >= 11 is 12.4. The van der Waals surface area contributed by atoms with E-state index in [0.717, 1.165) is 16.7 Å². The Kier molecular flexibility index (Phi) is 3.94. The summed E-state index contributed by atoms with van der Waals surface area (Å²) in [5.74, 6) is 0. The van der Waals surface area contributed by atoms with Crippen molar-refractivity contribution in [3.63, 3.8) is 0 Å². The van der Waals surface area contributed by atoms with Gasteiger partial charge >= 0.3 is 0 Å². The van der Waals surface area contributed by atoms with Crippen LogP contribution in [-0.2, 0) is 6.54 Å². The molecule has 0 radical (unpaired) electrons. The Balaban J connectivity index is 2.12. The summed E-state index contributed by atoms with van der Waals surface area (Å²) in [6.45, 7) is 3.13. The highest BCUT2D eigenvalue weighted by Gasteiger charge is 2.10. The molecular formula is C14H13Cl2N5. The number of nitrogens with zero attached hydrogens (tertiary/aromatic N) is 4. The highest BCUT2D eigenvalue weighted by molar-refractivity contribution is 6.35. The number of imidazole rings is 1. The van der Waals surface area contributed by atoms with Gasteiger partial charge in [0.25, 0.3) is 0 Å². The zero-order chi connectivity index (χ0) is 14.8. The average molecular weight is 322 g/mol. The van der Waals surface area contributed by atoms with Crippen LogP contribution in [0, 0.1) is 0 Å². The third kappa shape index (κ3) is 2.66. The molecule has 0 aliphatic carbocycles. The lowest BCUT2D eigenvalue weighted by Crippen LogP contribution is -2.15. The first-order chi connectivity index (χ1) is 10.2. The number of rotatable bonds is 3. The summed E-state index contributed by atoms with van der Waals surface area (Å²) in [6, 6.07) is 5.46. The van der Waals surface area contributed by atoms with Gasteiger partial charge in [0.2, 0.25) is 0 Å². The van der Waals surface area contributed by atoms with E-state index < -0.39 is 0 Å². The van der Waals surface area contributed by atoms with Crippen LogP contribution in [0.25, 0.3) is 11.2 Å². The first-order valence-electron chi connectivity index (χ1n) is 6.52. The molecule has 0 unspecified atom stereocenters. The zero-order valence-electron chi connectivity index (χ0n) is 11.3. The Hall–Kier alpha value is -1.85. The number of hydrogen-bond donors (Lipinski definition) is 1. The number of H-pyrrole nitrogens is 1. The van der Waals surface area contributed by atoms with Crippen molar-refractivity contribution in [3.05, 3.63) is 52.0 Å². The number of halogens is 2. The monoisotopic (exact) mass is 321 g/mol. The van der Waals surface area contributed by atoms with E-state index in [2.05, 4.69) is 19.9 Å². The van der Waals surface area contributed by atoms with Crippen molar-refractivity contribution >= 4 is 34.4 Å². The maximum Gasteiger partial charge on any atom is 0.176 e. The van der Waals surface area contributed by atoms with Gasteiger partial charge in [-0.15, -0.1) is 0 Å². The van der Waals surface area contributed by atoms with Crippen molar-refractivity contribution in [2.45, 2.75) is 13.5 Å². The van der Waals surface area contributed by atoms with Crippen LogP contribution in [0.15, 0.2) is 35.8 Å². The van der Waals surface area contributed by atoms with Gasteiger partial charge < -0.3 is 9.55 Å². The van der Waals surface area contributed by atoms with E-state index in [1.807, 2.05) is 29.7 Å². The lowest BCUT2D eigenvalue weighted by Gasteiger charge is -2.10. The summed E-state index contributed by atoms with van der Waals surface area (Å²) in [4.78, 5) is 16.1. The average Bonchev–Trinajstić information content (AvgIpc) is 2.95. The lowest BCUT2D eigenvalue weighted by atomic mass is 10.2. The number of fused-ring (bicyclic) bond motifs is 1. The highest BCUT2D eigenvalue weighted by atomic mass is 35.5. The molecule has 5 nitrogen and oxygen atoms in total. The van der Waals surface area contributed by atoms with Gasteiger partial charge in [-0.3, -0.25) is 4.99 Å². The molecule has 0 saturated heterocycles. The van der Waals surface area contributed by atoms with Gasteiger partial charge in [-0.05, 0) is 19.1 Å². The maximum atomic E-state index is 6.22. The normalized spacial score (nSPS) is 12.2. The van der Waals surface area contributed by atoms with E-state index in [0.29, 0.717) is 28.6 Å². The number of hydrogen-bond acceptors (Lipinski definition) is 3. The molecule has 0 aliphatic rings. The van der Waals surface area contributed by atoms with E-state index in [4.69, 9.17) is 23.2 Å². The van der Waals surface area contributed by atoms with Crippen LogP contribution in [0.3, 0.4) is 0 Å². The molecule has 2 heterocycles. The lowest BCUT2D eigenvalue weighted by molar-refractivity contribution is 0.783. The number of aromatic nitrogens is 4. The quantitative estimate of drug-likeness (QED) is 0.806. The van der Waals surface area contributed by atoms with E-state index in [1.54, 1.807) is 12.7 Å². The summed E-state index contributed by atoms with van der Waals surface area (Å²) < 4.78 is 1.90. The van der Waals surface area contributed by atoms with Gasteiger partial charge in [0.1, 0.15) is 5.52 Å². The van der Waals surface area contributed by atoms with Crippen molar-refractivity contribution in [3.8, 4) is 0 Å². The minimum atomic E-state index is 0.499. The zero-order valence-corrected chi connectivity index (χ0v) is 12.9. The predicted octanol–water partition coefficient (Wildman–Crippen LogP) is 3.04. The van der Waals surface area contributed by atoms with Gasteiger partial charge in [-0.25, -0.2) is 9.97 Å². The summed E-state index contributed by atoms with van der Waals surface area (Å²) in [6.07, 6.45) is 3.34. The fraction of sp³-hybridized carbons (Fsp3) is 0.214. The van der Waals surface area contributed by atoms with Crippen LogP contribution in [-0.4, -0.2) is 26.1 Å². The summed E-state index contributed by atoms with van der Waals surface area (Å²) in [5, 5.41) is 1.25. The molecule has 0 fully saturated rings. The summed E-state index contributed by atoms with van der Waals surface area (Å²) in [7, 11) is 0. The molecule has 21 heavy (non-hydrogen) atoms. The number of benzene rings is 1. The molecular weight excluding hydrogens is 309 g/mol. The van der Waals surface area contributed by atoms with Crippen LogP contribution in [0.5, 0.6) is 0 Å². The highest BCUT2D eigenvalue weighted by Crippen LogP contribution is 2.25. The van der Waals surface area contributed by atoms with E-state index in [9.17, 15) is 0 Å². The molecule has 0 bridgehead atoms. The Morgan fingerprint density at radius 2 is 2.00 bits per heavy atom. The topological polar surface area (TPSA) is 58.9 Å². The van der Waals surface area contributed by atoms with E-state index >= 15 is 0 Å². The van der Waals surface area contributed by atoms with Crippen molar-refractivity contribution < 1.29 is 0 Å². The molecule has 108 valence electrons. The van der Waals surface area contributed by atoms with Crippen molar-refractivity contribution in [1.29, 1.82) is 0 Å². The van der Waals surface area contributed by atoms with Crippen LogP contribution < -0.4 is 5.49 Å². The van der Waals surface area contributed by atoms with E-state index in [1.165, 1.54) is 0 Å². The summed E-state index contributed by atoms with van der Waals surface area (Å²) in [5.41, 5.74) is 3.08. The predicted molar refractivity (Wildman–Crippen MR) is 83.5 cm³/mol. The fourth-order valence-electron chi connectivity index (χ4n) is 2.15. The molecule has 0 amide bonds. The molecule has 0 aliphatic heterocycles. The largest absolute Gasteiger partial charge is 0.340 e.